The van der Waals surface area contributed by atoms with Gasteiger partial charge in [0, 0.05) is 30.6 Å². The molecule has 2 aromatic carbocycles. The molecule has 29 heavy (non-hydrogen) atoms. The van der Waals surface area contributed by atoms with Gasteiger partial charge in [0.05, 0.1) is 6.54 Å². The molecule has 0 saturated heterocycles. The van der Waals surface area contributed by atoms with Gasteiger partial charge in [0.2, 0.25) is 5.91 Å². The SMILES string of the molecule is CN=C(NCC(=O)NCCc1ccccc1)NCC1(c2cccc(Cl)c2)CC1.I. The van der Waals surface area contributed by atoms with Crippen molar-refractivity contribution in [2.75, 3.05) is 26.7 Å². The molecule has 0 aliphatic heterocycles. The molecule has 1 amide bonds. The molecule has 1 saturated carbocycles. The topological polar surface area (TPSA) is 65.5 Å². The lowest BCUT2D eigenvalue weighted by atomic mass is 9.96. The third-order valence-corrected chi connectivity index (χ3v) is 5.34. The van der Waals surface area contributed by atoms with Crippen LogP contribution in [0.25, 0.3) is 0 Å². The minimum atomic E-state index is -0.0464. The Kier molecular flexibility index (Phi) is 9.23. The van der Waals surface area contributed by atoms with Crippen molar-refractivity contribution in [3.05, 3.63) is 70.7 Å². The minimum Gasteiger partial charge on any atom is -0.356 e. The van der Waals surface area contributed by atoms with Crippen LogP contribution in [0.1, 0.15) is 24.0 Å². The Morgan fingerprint density at radius 2 is 1.83 bits per heavy atom. The molecular formula is C22H28ClIN4O. The quantitative estimate of drug-likeness (QED) is 0.280. The molecule has 156 valence electrons. The number of benzene rings is 2. The third-order valence-electron chi connectivity index (χ3n) is 5.10. The summed E-state index contributed by atoms with van der Waals surface area (Å²) in [5.41, 5.74) is 2.58. The molecule has 0 unspecified atom stereocenters. The molecule has 0 spiro atoms. The van der Waals surface area contributed by atoms with E-state index in [1.54, 1.807) is 7.05 Å². The molecule has 0 aromatic heterocycles. The number of hydrogen-bond donors (Lipinski definition) is 3. The number of guanidine groups is 1. The molecule has 5 nitrogen and oxygen atoms in total. The van der Waals surface area contributed by atoms with Gasteiger partial charge in [-0.25, -0.2) is 0 Å². The normalized spacial score (nSPS) is 14.5. The monoisotopic (exact) mass is 526 g/mol. The van der Waals surface area contributed by atoms with Crippen molar-refractivity contribution in [3.63, 3.8) is 0 Å². The number of nitrogens with one attached hydrogen (secondary N) is 3. The molecule has 3 rings (SSSR count). The molecule has 0 heterocycles. The summed E-state index contributed by atoms with van der Waals surface area (Å²) in [6, 6.07) is 18.2. The Bertz CT molecular complexity index is 825. The van der Waals surface area contributed by atoms with Crippen molar-refractivity contribution >= 4 is 47.4 Å². The predicted octanol–water partition coefficient (Wildman–Crippen LogP) is 3.51. The zero-order valence-corrected chi connectivity index (χ0v) is 19.7. The molecular weight excluding hydrogens is 499 g/mol. The van der Waals surface area contributed by atoms with Crippen LogP contribution < -0.4 is 16.0 Å². The average molecular weight is 527 g/mol. The second kappa shape index (κ2) is 11.4. The van der Waals surface area contributed by atoms with Gasteiger partial charge in [0.1, 0.15) is 0 Å². The van der Waals surface area contributed by atoms with Crippen molar-refractivity contribution in [2.45, 2.75) is 24.7 Å². The van der Waals surface area contributed by atoms with Crippen LogP contribution in [0.4, 0.5) is 0 Å². The fourth-order valence-electron chi connectivity index (χ4n) is 3.23. The van der Waals surface area contributed by atoms with E-state index >= 15 is 0 Å². The molecule has 0 atom stereocenters. The van der Waals surface area contributed by atoms with E-state index in [1.807, 2.05) is 36.4 Å². The standard InChI is InChI=1S/C22H27ClN4O.HI/c1-24-21(26-15-20(28)25-13-10-17-6-3-2-4-7-17)27-16-22(11-12-22)18-8-5-9-19(23)14-18;/h2-9,14H,10-13,15-16H2,1H3,(H,25,28)(H2,24,26,27);1H. The smallest absolute Gasteiger partial charge is 0.239 e. The number of nitrogens with zero attached hydrogens (tertiary/aromatic N) is 1. The summed E-state index contributed by atoms with van der Waals surface area (Å²) >= 11 is 6.13. The Hall–Kier alpha value is -1.80. The van der Waals surface area contributed by atoms with Gasteiger partial charge in [-0.15, -0.1) is 24.0 Å². The van der Waals surface area contributed by atoms with Crippen LogP contribution in [0, 0.1) is 0 Å². The summed E-state index contributed by atoms with van der Waals surface area (Å²) in [6.45, 7) is 1.58. The number of aliphatic imine (C=N–C) groups is 1. The van der Waals surface area contributed by atoms with Gasteiger partial charge < -0.3 is 16.0 Å². The number of halogens is 2. The molecule has 7 heteroatoms. The molecule has 0 bridgehead atoms. The fraction of sp³-hybridized carbons (Fsp3) is 0.364. The second-order valence-electron chi connectivity index (χ2n) is 7.16. The van der Waals surface area contributed by atoms with Gasteiger partial charge >= 0.3 is 0 Å². The Balaban J connectivity index is 0.00000300. The molecule has 0 radical (unpaired) electrons. The van der Waals surface area contributed by atoms with Crippen LogP contribution in [0.15, 0.2) is 59.6 Å². The van der Waals surface area contributed by atoms with E-state index in [2.05, 4.69) is 39.1 Å². The summed E-state index contributed by atoms with van der Waals surface area (Å²) in [7, 11) is 1.71. The second-order valence-corrected chi connectivity index (χ2v) is 7.59. The number of amides is 1. The van der Waals surface area contributed by atoms with Crippen molar-refractivity contribution < 1.29 is 4.79 Å². The van der Waals surface area contributed by atoms with Crippen molar-refractivity contribution in [3.8, 4) is 0 Å². The van der Waals surface area contributed by atoms with E-state index in [0.717, 1.165) is 30.8 Å². The fourth-order valence-corrected chi connectivity index (χ4v) is 3.42. The number of carbonyl (C=O) groups excluding carboxylic acids is 1. The maximum absolute atomic E-state index is 12.1. The van der Waals surface area contributed by atoms with E-state index in [4.69, 9.17) is 11.6 Å². The van der Waals surface area contributed by atoms with Gasteiger partial charge in [-0.05, 0) is 42.5 Å². The molecule has 1 aliphatic rings. The first-order valence-electron chi connectivity index (χ1n) is 9.62. The van der Waals surface area contributed by atoms with Crippen LogP contribution in [-0.2, 0) is 16.6 Å². The minimum absolute atomic E-state index is 0. The summed E-state index contributed by atoms with van der Waals surface area (Å²) in [5, 5.41) is 10.1. The van der Waals surface area contributed by atoms with Crippen LogP contribution >= 0.6 is 35.6 Å². The maximum Gasteiger partial charge on any atom is 0.239 e. The van der Waals surface area contributed by atoms with Gasteiger partial charge in [-0.1, -0.05) is 54.1 Å². The first-order chi connectivity index (χ1) is 13.6. The van der Waals surface area contributed by atoms with Gasteiger partial charge in [-0.2, -0.15) is 0 Å². The first kappa shape index (κ1) is 23.5. The van der Waals surface area contributed by atoms with Crippen LogP contribution in [-0.4, -0.2) is 38.5 Å². The zero-order chi connectivity index (χ0) is 19.8. The van der Waals surface area contributed by atoms with E-state index in [1.165, 1.54) is 11.1 Å². The highest BCUT2D eigenvalue weighted by molar-refractivity contribution is 14.0. The lowest BCUT2D eigenvalue weighted by Crippen LogP contribution is -2.45. The van der Waals surface area contributed by atoms with Crippen LogP contribution in [0.5, 0.6) is 0 Å². The van der Waals surface area contributed by atoms with E-state index < -0.39 is 0 Å². The van der Waals surface area contributed by atoms with Crippen LogP contribution in [0.2, 0.25) is 5.02 Å². The lowest BCUT2D eigenvalue weighted by Gasteiger charge is -2.19. The van der Waals surface area contributed by atoms with Crippen molar-refractivity contribution in [1.82, 2.24) is 16.0 Å². The number of hydrogen-bond acceptors (Lipinski definition) is 2. The highest BCUT2D eigenvalue weighted by Crippen LogP contribution is 2.48. The summed E-state index contributed by atoms with van der Waals surface area (Å²) < 4.78 is 0. The molecule has 2 aromatic rings. The zero-order valence-electron chi connectivity index (χ0n) is 16.6. The largest absolute Gasteiger partial charge is 0.356 e. The van der Waals surface area contributed by atoms with Crippen LogP contribution in [0.3, 0.4) is 0 Å². The van der Waals surface area contributed by atoms with E-state index in [0.29, 0.717) is 12.5 Å². The summed E-state index contributed by atoms with van der Waals surface area (Å²) in [4.78, 5) is 16.3. The maximum atomic E-state index is 12.1. The van der Waals surface area contributed by atoms with Gasteiger partial charge in [-0.3, -0.25) is 9.79 Å². The molecule has 3 N–H and O–H groups in total. The van der Waals surface area contributed by atoms with Gasteiger partial charge in [0.15, 0.2) is 5.96 Å². The molecule has 1 aliphatic carbocycles. The highest BCUT2D eigenvalue weighted by atomic mass is 127. The Morgan fingerprint density at radius 1 is 1.07 bits per heavy atom. The molecule has 1 fully saturated rings. The highest BCUT2D eigenvalue weighted by Gasteiger charge is 2.44. The predicted molar refractivity (Wildman–Crippen MR) is 130 cm³/mol. The van der Waals surface area contributed by atoms with Crippen molar-refractivity contribution in [2.24, 2.45) is 4.99 Å². The lowest BCUT2D eigenvalue weighted by molar-refractivity contribution is -0.119. The van der Waals surface area contributed by atoms with Gasteiger partial charge in [0.25, 0.3) is 0 Å². The van der Waals surface area contributed by atoms with E-state index in [9.17, 15) is 4.79 Å². The Labute approximate surface area is 194 Å². The van der Waals surface area contributed by atoms with E-state index in [-0.39, 0.29) is 41.8 Å². The third kappa shape index (κ3) is 7.19. The Morgan fingerprint density at radius 3 is 2.48 bits per heavy atom. The first-order valence-corrected chi connectivity index (χ1v) is 10.0. The summed E-state index contributed by atoms with van der Waals surface area (Å²) in [6.07, 6.45) is 3.07. The number of carbonyl (C=O) groups is 1. The summed E-state index contributed by atoms with van der Waals surface area (Å²) in [5.74, 6) is 0.585. The van der Waals surface area contributed by atoms with Crippen molar-refractivity contribution in [1.29, 1.82) is 0 Å². The average Bonchev–Trinajstić information content (AvgIpc) is 3.50. The number of rotatable bonds is 8.